The fourth-order valence-corrected chi connectivity index (χ4v) is 2.24. The molecule has 1 rings (SSSR count). The first-order valence-corrected chi connectivity index (χ1v) is 5.12. The average Bonchev–Trinajstić information content (AvgIpc) is 2.35. The Morgan fingerprint density at radius 1 is 1.33 bits per heavy atom. The molecule has 70 valence electrons. The highest BCUT2D eigenvalue weighted by atomic mass is 16.1. The molecule has 12 heavy (non-hydrogen) atoms. The minimum absolute atomic E-state index is 0.344. The predicted molar refractivity (Wildman–Crippen MR) is 51.1 cm³/mol. The molecule has 0 aromatic heterocycles. The van der Waals surface area contributed by atoms with E-state index in [-0.39, 0.29) is 0 Å². The lowest BCUT2D eigenvalue weighted by Gasteiger charge is -2.22. The van der Waals surface area contributed by atoms with E-state index < -0.39 is 0 Å². The topological polar surface area (TPSA) is 17.1 Å². The molecular formula is C11H20O. The molecule has 0 unspecified atom stereocenters. The number of rotatable bonds is 4. The molecule has 0 aromatic rings. The van der Waals surface area contributed by atoms with Gasteiger partial charge in [-0.25, -0.2) is 0 Å². The van der Waals surface area contributed by atoms with Crippen LogP contribution in [0.15, 0.2) is 0 Å². The van der Waals surface area contributed by atoms with E-state index in [4.69, 9.17) is 0 Å². The molecule has 0 N–H and O–H groups in total. The van der Waals surface area contributed by atoms with E-state index in [0.29, 0.717) is 11.2 Å². The van der Waals surface area contributed by atoms with E-state index >= 15 is 0 Å². The number of carbonyl (C=O) groups excluding carboxylic acids is 1. The third-order valence-corrected chi connectivity index (χ3v) is 3.12. The number of hydrogen-bond donors (Lipinski definition) is 0. The molecule has 0 heterocycles. The molecule has 1 fully saturated rings. The summed E-state index contributed by atoms with van der Waals surface area (Å²) in [5, 5.41) is 0. The Balaban J connectivity index is 2.17. The second kappa shape index (κ2) is 4.06. The van der Waals surface area contributed by atoms with Gasteiger partial charge in [0.15, 0.2) is 0 Å². The molecule has 1 heteroatoms. The summed E-state index contributed by atoms with van der Waals surface area (Å²) in [5.74, 6) is 0.344. The molecule has 0 bridgehead atoms. The van der Waals surface area contributed by atoms with Gasteiger partial charge in [-0.2, -0.15) is 0 Å². The zero-order valence-electron chi connectivity index (χ0n) is 8.36. The van der Waals surface area contributed by atoms with E-state index in [2.05, 4.69) is 6.92 Å². The van der Waals surface area contributed by atoms with Crippen LogP contribution >= 0.6 is 0 Å². The highest BCUT2D eigenvalue weighted by Crippen LogP contribution is 2.41. The van der Waals surface area contributed by atoms with E-state index in [1.165, 1.54) is 32.1 Å². The Bertz CT molecular complexity index is 154. The summed E-state index contributed by atoms with van der Waals surface area (Å²) in [4.78, 5) is 10.7. The molecule has 0 aliphatic heterocycles. The van der Waals surface area contributed by atoms with Gasteiger partial charge in [-0.05, 0) is 38.0 Å². The highest BCUT2D eigenvalue weighted by Gasteiger charge is 2.27. The summed E-state index contributed by atoms with van der Waals surface area (Å²) in [6.45, 7) is 4.07. The van der Waals surface area contributed by atoms with Crippen molar-refractivity contribution >= 4 is 5.78 Å². The van der Waals surface area contributed by atoms with Crippen molar-refractivity contribution in [2.75, 3.05) is 0 Å². The Hall–Kier alpha value is -0.330. The Morgan fingerprint density at radius 2 is 1.92 bits per heavy atom. The van der Waals surface area contributed by atoms with Crippen molar-refractivity contribution < 1.29 is 4.79 Å². The number of Topliss-reactive ketones (excluding diaryl/α,β-unsaturated/α-hetero) is 1. The van der Waals surface area contributed by atoms with Crippen molar-refractivity contribution in [2.45, 2.75) is 58.8 Å². The van der Waals surface area contributed by atoms with Gasteiger partial charge < -0.3 is 4.79 Å². The van der Waals surface area contributed by atoms with Crippen molar-refractivity contribution in [1.82, 2.24) is 0 Å². The zero-order valence-corrected chi connectivity index (χ0v) is 8.36. The molecule has 1 nitrogen and oxygen atoms in total. The van der Waals surface area contributed by atoms with E-state index in [1.54, 1.807) is 6.92 Å². The zero-order chi connectivity index (χ0) is 9.03. The SMILES string of the molecule is CC(=O)CCCC1(C)CCCC1. The summed E-state index contributed by atoms with van der Waals surface area (Å²) in [6.07, 6.45) is 8.71. The molecule has 0 saturated heterocycles. The van der Waals surface area contributed by atoms with E-state index in [9.17, 15) is 4.79 Å². The fraction of sp³-hybridized carbons (Fsp3) is 0.909. The van der Waals surface area contributed by atoms with Crippen molar-refractivity contribution in [3.05, 3.63) is 0 Å². The van der Waals surface area contributed by atoms with Gasteiger partial charge in [-0.1, -0.05) is 19.8 Å². The van der Waals surface area contributed by atoms with Crippen molar-refractivity contribution in [3.63, 3.8) is 0 Å². The van der Waals surface area contributed by atoms with Crippen molar-refractivity contribution in [3.8, 4) is 0 Å². The monoisotopic (exact) mass is 168 g/mol. The molecule has 1 aliphatic rings. The lowest BCUT2D eigenvalue weighted by molar-refractivity contribution is -0.117. The standard InChI is InChI=1S/C11H20O/c1-10(12)6-5-9-11(2)7-3-4-8-11/h3-9H2,1-2H3. The van der Waals surface area contributed by atoms with Crippen LogP contribution in [0.25, 0.3) is 0 Å². The van der Waals surface area contributed by atoms with Gasteiger partial charge in [0.2, 0.25) is 0 Å². The van der Waals surface area contributed by atoms with Crippen LogP contribution in [0.1, 0.15) is 58.8 Å². The summed E-state index contributed by atoms with van der Waals surface area (Å²) >= 11 is 0. The van der Waals surface area contributed by atoms with Crippen LogP contribution in [0.2, 0.25) is 0 Å². The van der Waals surface area contributed by atoms with Gasteiger partial charge in [0, 0.05) is 6.42 Å². The van der Waals surface area contributed by atoms with Crippen LogP contribution in [0.4, 0.5) is 0 Å². The molecule has 0 spiro atoms. The molecule has 0 atom stereocenters. The van der Waals surface area contributed by atoms with Crippen LogP contribution in [0, 0.1) is 5.41 Å². The number of carbonyl (C=O) groups is 1. The molecule has 0 amide bonds. The van der Waals surface area contributed by atoms with Crippen LogP contribution in [0.5, 0.6) is 0 Å². The maximum absolute atomic E-state index is 10.7. The van der Waals surface area contributed by atoms with Crippen LogP contribution in [-0.4, -0.2) is 5.78 Å². The fourth-order valence-electron chi connectivity index (χ4n) is 2.24. The number of hydrogen-bond acceptors (Lipinski definition) is 1. The molecular weight excluding hydrogens is 148 g/mol. The Morgan fingerprint density at radius 3 is 2.42 bits per heavy atom. The third kappa shape index (κ3) is 2.96. The lowest BCUT2D eigenvalue weighted by Crippen LogP contribution is -2.10. The van der Waals surface area contributed by atoms with Crippen LogP contribution in [-0.2, 0) is 4.79 Å². The van der Waals surface area contributed by atoms with Gasteiger partial charge in [0.05, 0.1) is 0 Å². The maximum atomic E-state index is 10.7. The normalized spacial score (nSPS) is 21.2. The molecule has 1 aliphatic carbocycles. The minimum atomic E-state index is 0.344. The maximum Gasteiger partial charge on any atom is 0.129 e. The van der Waals surface area contributed by atoms with Gasteiger partial charge in [0.25, 0.3) is 0 Å². The molecule has 1 saturated carbocycles. The average molecular weight is 168 g/mol. The van der Waals surface area contributed by atoms with Gasteiger partial charge >= 0.3 is 0 Å². The van der Waals surface area contributed by atoms with E-state index in [1.807, 2.05) is 0 Å². The Kier molecular flexibility index (Phi) is 3.30. The Labute approximate surface area is 75.5 Å². The van der Waals surface area contributed by atoms with Crippen molar-refractivity contribution in [2.24, 2.45) is 5.41 Å². The minimum Gasteiger partial charge on any atom is -0.300 e. The first-order valence-electron chi connectivity index (χ1n) is 5.12. The van der Waals surface area contributed by atoms with Crippen LogP contribution < -0.4 is 0 Å². The first-order chi connectivity index (χ1) is 5.62. The lowest BCUT2D eigenvalue weighted by atomic mass is 9.83. The van der Waals surface area contributed by atoms with Crippen LogP contribution in [0.3, 0.4) is 0 Å². The summed E-state index contributed by atoms with van der Waals surface area (Å²) < 4.78 is 0. The van der Waals surface area contributed by atoms with E-state index in [0.717, 1.165) is 12.8 Å². The second-order valence-electron chi connectivity index (χ2n) is 4.57. The highest BCUT2D eigenvalue weighted by molar-refractivity contribution is 5.75. The van der Waals surface area contributed by atoms with Gasteiger partial charge in [-0.3, -0.25) is 0 Å². The second-order valence-corrected chi connectivity index (χ2v) is 4.57. The quantitative estimate of drug-likeness (QED) is 0.629. The smallest absolute Gasteiger partial charge is 0.129 e. The molecule has 0 aromatic carbocycles. The van der Waals surface area contributed by atoms with Gasteiger partial charge in [-0.15, -0.1) is 0 Å². The number of ketones is 1. The summed E-state index contributed by atoms with van der Waals surface area (Å²) in [7, 11) is 0. The summed E-state index contributed by atoms with van der Waals surface area (Å²) in [6, 6.07) is 0. The predicted octanol–water partition coefficient (Wildman–Crippen LogP) is 3.33. The van der Waals surface area contributed by atoms with Crippen molar-refractivity contribution in [1.29, 1.82) is 0 Å². The first kappa shape index (κ1) is 9.76. The third-order valence-electron chi connectivity index (χ3n) is 3.12. The molecule has 0 radical (unpaired) electrons. The van der Waals surface area contributed by atoms with Gasteiger partial charge in [0.1, 0.15) is 5.78 Å². The summed E-state index contributed by atoms with van der Waals surface area (Å²) in [5.41, 5.74) is 0.579. The largest absolute Gasteiger partial charge is 0.300 e.